The summed E-state index contributed by atoms with van der Waals surface area (Å²) in [5, 5.41) is 4.70. The normalized spacial score (nSPS) is 13.5. The third kappa shape index (κ3) is 2.08. The van der Waals surface area contributed by atoms with E-state index in [-0.39, 0.29) is 6.54 Å². The second-order valence-corrected chi connectivity index (χ2v) is 5.02. The number of carbonyl (C=O) groups excluding carboxylic acids is 3. The molecule has 6 nitrogen and oxygen atoms in total. The number of nitrogens with one attached hydrogen (secondary N) is 1. The van der Waals surface area contributed by atoms with E-state index in [1.165, 1.54) is 11.3 Å². The molecule has 0 aliphatic carbocycles. The predicted octanol–water partition coefficient (Wildman–Crippen LogP) is 1.38. The zero-order chi connectivity index (χ0) is 14.1. The van der Waals surface area contributed by atoms with Crippen LogP contribution in [-0.4, -0.2) is 34.2 Å². The first-order valence-corrected chi connectivity index (χ1v) is 6.69. The smallest absolute Gasteiger partial charge is 0.262 e. The quantitative estimate of drug-likeness (QED) is 0.865. The summed E-state index contributed by atoms with van der Waals surface area (Å²) in [5.74, 6) is -1.34. The average molecular weight is 287 g/mol. The van der Waals surface area contributed by atoms with Crippen molar-refractivity contribution in [3.05, 3.63) is 47.0 Å². The summed E-state index contributed by atoms with van der Waals surface area (Å²) in [6.45, 7) is -0.314. The van der Waals surface area contributed by atoms with Crippen molar-refractivity contribution in [2.45, 2.75) is 0 Å². The molecule has 1 aromatic carbocycles. The number of benzene rings is 1. The van der Waals surface area contributed by atoms with Crippen LogP contribution in [0.4, 0.5) is 5.13 Å². The third-order valence-corrected chi connectivity index (χ3v) is 3.55. The molecule has 0 unspecified atom stereocenters. The average Bonchev–Trinajstić information content (AvgIpc) is 3.03. The number of thiazole rings is 1. The summed E-state index contributed by atoms with van der Waals surface area (Å²) >= 11 is 1.27. The van der Waals surface area contributed by atoms with E-state index in [4.69, 9.17) is 0 Å². The Kier molecular flexibility index (Phi) is 3.03. The van der Waals surface area contributed by atoms with Crippen molar-refractivity contribution < 1.29 is 14.4 Å². The van der Waals surface area contributed by atoms with Crippen molar-refractivity contribution in [1.29, 1.82) is 0 Å². The Hall–Kier alpha value is -2.54. The van der Waals surface area contributed by atoms with E-state index in [1.807, 2.05) is 0 Å². The Morgan fingerprint density at radius 1 is 1.20 bits per heavy atom. The van der Waals surface area contributed by atoms with Crippen LogP contribution in [0.25, 0.3) is 0 Å². The molecule has 3 amide bonds. The molecular formula is C13H9N3O3S. The van der Waals surface area contributed by atoms with Gasteiger partial charge in [-0.3, -0.25) is 19.3 Å². The van der Waals surface area contributed by atoms with E-state index in [1.54, 1.807) is 35.8 Å². The molecule has 0 saturated heterocycles. The fourth-order valence-electron chi connectivity index (χ4n) is 1.97. The van der Waals surface area contributed by atoms with Crippen molar-refractivity contribution in [2.24, 2.45) is 0 Å². The molecule has 0 fully saturated rings. The number of hydrogen-bond donors (Lipinski definition) is 1. The highest BCUT2D eigenvalue weighted by Crippen LogP contribution is 2.22. The monoisotopic (exact) mass is 287 g/mol. The Morgan fingerprint density at radius 2 is 1.85 bits per heavy atom. The highest BCUT2D eigenvalue weighted by Gasteiger charge is 2.36. The van der Waals surface area contributed by atoms with Crippen molar-refractivity contribution in [3.8, 4) is 0 Å². The number of imide groups is 1. The molecule has 20 heavy (non-hydrogen) atoms. The number of fused-ring (bicyclic) bond motifs is 1. The highest BCUT2D eigenvalue weighted by atomic mass is 32.1. The van der Waals surface area contributed by atoms with Crippen molar-refractivity contribution in [1.82, 2.24) is 9.88 Å². The van der Waals surface area contributed by atoms with Crippen molar-refractivity contribution >= 4 is 34.2 Å². The molecule has 3 rings (SSSR count). The molecule has 0 bridgehead atoms. The maximum absolute atomic E-state index is 12.1. The Labute approximate surface area is 118 Å². The number of rotatable bonds is 3. The van der Waals surface area contributed by atoms with Gasteiger partial charge in [-0.25, -0.2) is 4.98 Å². The summed E-state index contributed by atoms with van der Waals surface area (Å²) in [7, 11) is 0. The van der Waals surface area contributed by atoms with Crippen molar-refractivity contribution in [3.63, 3.8) is 0 Å². The fraction of sp³-hybridized carbons (Fsp3) is 0.0769. The summed E-state index contributed by atoms with van der Waals surface area (Å²) < 4.78 is 0. The Balaban J connectivity index is 1.75. The Bertz CT molecular complexity index is 662. The van der Waals surface area contributed by atoms with E-state index in [0.29, 0.717) is 16.3 Å². The molecule has 1 N–H and O–H groups in total. The van der Waals surface area contributed by atoms with Crippen molar-refractivity contribution in [2.75, 3.05) is 11.9 Å². The van der Waals surface area contributed by atoms with Gasteiger partial charge in [0.05, 0.1) is 11.1 Å². The van der Waals surface area contributed by atoms with Gasteiger partial charge in [0.2, 0.25) is 5.91 Å². The van der Waals surface area contributed by atoms with E-state index >= 15 is 0 Å². The lowest BCUT2D eigenvalue weighted by Gasteiger charge is -2.12. The van der Waals surface area contributed by atoms with Crippen LogP contribution >= 0.6 is 11.3 Å². The molecule has 2 heterocycles. The standard InChI is InChI=1S/C13H9N3O3S/c17-10(15-13-14-5-6-20-13)7-16-11(18)8-3-1-2-4-9(8)12(16)19/h1-6H,7H2,(H,14,15,17). The topological polar surface area (TPSA) is 79.4 Å². The Morgan fingerprint density at radius 3 is 2.40 bits per heavy atom. The van der Waals surface area contributed by atoms with E-state index < -0.39 is 17.7 Å². The van der Waals surface area contributed by atoms with Crippen LogP contribution in [0.2, 0.25) is 0 Å². The number of amides is 3. The van der Waals surface area contributed by atoms with Crippen LogP contribution in [-0.2, 0) is 4.79 Å². The molecule has 100 valence electrons. The molecule has 0 saturated carbocycles. The molecule has 7 heteroatoms. The maximum Gasteiger partial charge on any atom is 0.262 e. The van der Waals surface area contributed by atoms with Gasteiger partial charge in [0, 0.05) is 11.6 Å². The minimum atomic E-state index is -0.450. The van der Waals surface area contributed by atoms with E-state index in [2.05, 4.69) is 10.3 Å². The van der Waals surface area contributed by atoms with Gasteiger partial charge >= 0.3 is 0 Å². The first kappa shape index (κ1) is 12.5. The van der Waals surface area contributed by atoms with E-state index in [0.717, 1.165) is 4.90 Å². The SMILES string of the molecule is O=C(CN1C(=O)c2ccccc2C1=O)Nc1nccs1. The van der Waals surface area contributed by atoms with E-state index in [9.17, 15) is 14.4 Å². The van der Waals surface area contributed by atoms with Gasteiger partial charge in [-0.2, -0.15) is 0 Å². The lowest BCUT2D eigenvalue weighted by molar-refractivity contribution is -0.116. The molecule has 0 spiro atoms. The number of aromatic nitrogens is 1. The molecular weight excluding hydrogens is 278 g/mol. The summed E-state index contributed by atoms with van der Waals surface area (Å²) in [5.41, 5.74) is 0.666. The number of nitrogens with zero attached hydrogens (tertiary/aromatic N) is 2. The van der Waals surface area contributed by atoms with Crippen LogP contribution in [0, 0.1) is 0 Å². The minimum Gasteiger partial charge on any atom is -0.300 e. The number of anilines is 1. The van der Waals surface area contributed by atoms with Crippen LogP contribution < -0.4 is 5.32 Å². The third-order valence-electron chi connectivity index (χ3n) is 2.86. The minimum absolute atomic E-state index is 0.314. The van der Waals surface area contributed by atoms with Crippen LogP contribution in [0.1, 0.15) is 20.7 Å². The zero-order valence-corrected chi connectivity index (χ0v) is 11.0. The van der Waals surface area contributed by atoms with Gasteiger partial charge in [0.1, 0.15) is 6.54 Å². The van der Waals surface area contributed by atoms with Gasteiger partial charge < -0.3 is 5.32 Å². The molecule has 1 aromatic heterocycles. The largest absolute Gasteiger partial charge is 0.300 e. The van der Waals surface area contributed by atoms with Crippen LogP contribution in [0.15, 0.2) is 35.8 Å². The molecule has 0 radical (unpaired) electrons. The van der Waals surface area contributed by atoms with Gasteiger partial charge in [-0.15, -0.1) is 11.3 Å². The van der Waals surface area contributed by atoms with Gasteiger partial charge in [-0.1, -0.05) is 12.1 Å². The second kappa shape index (κ2) is 4.86. The number of carbonyl (C=O) groups is 3. The summed E-state index contributed by atoms with van der Waals surface area (Å²) in [6.07, 6.45) is 1.56. The first-order valence-electron chi connectivity index (χ1n) is 5.81. The highest BCUT2D eigenvalue weighted by molar-refractivity contribution is 7.13. The van der Waals surface area contributed by atoms with Crippen LogP contribution in [0.5, 0.6) is 0 Å². The second-order valence-electron chi connectivity index (χ2n) is 4.13. The van der Waals surface area contributed by atoms with Gasteiger partial charge in [0.15, 0.2) is 5.13 Å². The maximum atomic E-state index is 12.1. The van der Waals surface area contributed by atoms with Gasteiger partial charge in [-0.05, 0) is 12.1 Å². The molecule has 2 aromatic rings. The predicted molar refractivity (Wildman–Crippen MR) is 72.6 cm³/mol. The lowest BCUT2D eigenvalue weighted by atomic mass is 10.1. The molecule has 0 atom stereocenters. The molecule has 1 aliphatic heterocycles. The lowest BCUT2D eigenvalue weighted by Crippen LogP contribution is -2.37. The summed E-state index contributed by atoms with van der Waals surface area (Å²) in [6, 6.07) is 6.52. The fourth-order valence-corrected chi connectivity index (χ4v) is 2.52. The molecule has 1 aliphatic rings. The van der Waals surface area contributed by atoms with Crippen LogP contribution in [0.3, 0.4) is 0 Å². The zero-order valence-electron chi connectivity index (χ0n) is 10.2. The first-order chi connectivity index (χ1) is 9.66. The summed E-state index contributed by atoms with van der Waals surface area (Å²) in [4.78, 5) is 40.8. The van der Waals surface area contributed by atoms with Gasteiger partial charge in [0.25, 0.3) is 11.8 Å². The number of hydrogen-bond acceptors (Lipinski definition) is 5.